The van der Waals surface area contributed by atoms with Crippen LogP contribution in [0.15, 0.2) is 70.8 Å². The van der Waals surface area contributed by atoms with E-state index < -0.39 is 0 Å². The van der Waals surface area contributed by atoms with Crippen LogP contribution in [0.3, 0.4) is 0 Å². The minimum Gasteiger partial charge on any atom is -0.342 e. The van der Waals surface area contributed by atoms with Crippen molar-refractivity contribution in [3.63, 3.8) is 0 Å². The molecule has 0 unspecified atom stereocenters. The lowest BCUT2D eigenvalue weighted by Crippen LogP contribution is -2.28. The summed E-state index contributed by atoms with van der Waals surface area (Å²) in [6, 6.07) is 14.3. The van der Waals surface area contributed by atoms with Crippen LogP contribution in [0.4, 0.5) is 0 Å². The van der Waals surface area contributed by atoms with Crippen molar-refractivity contribution < 1.29 is 9.59 Å². The van der Waals surface area contributed by atoms with Gasteiger partial charge >= 0.3 is 0 Å². The molecular formula is C23H23BrN4O2S. The van der Waals surface area contributed by atoms with Crippen LogP contribution < -0.4 is 5.32 Å². The van der Waals surface area contributed by atoms with Crippen LogP contribution in [-0.4, -0.2) is 32.2 Å². The molecule has 8 heteroatoms. The minimum atomic E-state index is -0.363. The van der Waals surface area contributed by atoms with Crippen LogP contribution in [-0.2, 0) is 6.54 Å². The number of thioether (sulfide) groups is 1. The Hall–Kier alpha value is -2.71. The number of nitrogens with one attached hydrogen (secondary N) is 1. The van der Waals surface area contributed by atoms with Crippen molar-refractivity contribution in [3.05, 3.63) is 88.2 Å². The van der Waals surface area contributed by atoms with Crippen LogP contribution in [0, 0.1) is 6.92 Å². The summed E-state index contributed by atoms with van der Waals surface area (Å²) >= 11 is 4.69. The molecule has 0 saturated carbocycles. The number of halogens is 1. The zero-order valence-electron chi connectivity index (χ0n) is 17.3. The lowest BCUT2D eigenvalue weighted by atomic mass is 10.1. The molecule has 160 valence electrons. The highest BCUT2D eigenvalue weighted by atomic mass is 79.9. The third kappa shape index (κ3) is 5.92. The van der Waals surface area contributed by atoms with Crippen LogP contribution in [0.1, 0.15) is 45.1 Å². The molecule has 0 aliphatic heterocycles. The number of aryl methyl sites for hydroxylation is 1. The normalized spacial score (nSPS) is 11.7. The molecule has 1 amide bonds. The average Bonchev–Trinajstić information content (AvgIpc) is 3.16. The van der Waals surface area contributed by atoms with Gasteiger partial charge < -0.3 is 9.88 Å². The average molecular weight is 499 g/mol. The van der Waals surface area contributed by atoms with Gasteiger partial charge in [0, 0.05) is 22.1 Å². The number of rotatable bonds is 9. The molecule has 31 heavy (non-hydrogen) atoms. The summed E-state index contributed by atoms with van der Waals surface area (Å²) in [6.07, 6.45) is 1.74. The first-order valence-corrected chi connectivity index (χ1v) is 11.5. The van der Waals surface area contributed by atoms with Crippen molar-refractivity contribution in [2.75, 3.05) is 5.75 Å². The number of nitrogens with zero attached hydrogens (tertiary/aromatic N) is 3. The molecule has 0 spiro atoms. The smallest absolute Gasteiger partial charge is 0.251 e. The molecule has 0 aliphatic rings. The first kappa shape index (κ1) is 23.0. The summed E-state index contributed by atoms with van der Waals surface area (Å²) < 4.78 is 2.79. The van der Waals surface area contributed by atoms with E-state index in [1.807, 2.05) is 42.7 Å². The molecular weight excluding hydrogens is 476 g/mol. The Morgan fingerprint density at radius 3 is 2.42 bits per heavy atom. The van der Waals surface area contributed by atoms with Gasteiger partial charge in [-0.25, -0.2) is 0 Å². The quantitative estimate of drug-likeness (QED) is 0.255. The zero-order valence-corrected chi connectivity index (χ0v) is 19.7. The Balaban J connectivity index is 1.70. The van der Waals surface area contributed by atoms with E-state index in [1.54, 1.807) is 30.3 Å². The fraction of sp³-hybridized carbons (Fsp3) is 0.217. The predicted octanol–water partition coefficient (Wildman–Crippen LogP) is 5.00. The maximum Gasteiger partial charge on any atom is 0.251 e. The van der Waals surface area contributed by atoms with Gasteiger partial charge in [-0.15, -0.1) is 16.8 Å². The van der Waals surface area contributed by atoms with Gasteiger partial charge in [-0.3, -0.25) is 9.59 Å². The van der Waals surface area contributed by atoms with E-state index in [4.69, 9.17) is 0 Å². The van der Waals surface area contributed by atoms with Gasteiger partial charge in [-0.2, -0.15) is 0 Å². The van der Waals surface area contributed by atoms with Crippen LogP contribution in [0.25, 0.3) is 0 Å². The van der Waals surface area contributed by atoms with Crippen molar-refractivity contribution in [3.8, 4) is 0 Å². The number of allylic oxidation sites excluding steroid dienone is 1. The Morgan fingerprint density at radius 1 is 1.13 bits per heavy atom. The van der Waals surface area contributed by atoms with E-state index in [2.05, 4.69) is 38.0 Å². The van der Waals surface area contributed by atoms with Crippen molar-refractivity contribution in [2.24, 2.45) is 0 Å². The van der Waals surface area contributed by atoms with Crippen molar-refractivity contribution in [2.45, 2.75) is 31.6 Å². The van der Waals surface area contributed by atoms with Crippen molar-refractivity contribution >= 4 is 39.4 Å². The molecule has 1 atom stereocenters. The number of hydrogen-bond acceptors (Lipinski definition) is 5. The highest BCUT2D eigenvalue weighted by Gasteiger charge is 2.20. The fourth-order valence-electron chi connectivity index (χ4n) is 2.93. The number of amides is 1. The molecule has 1 aromatic heterocycles. The van der Waals surface area contributed by atoms with Gasteiger partial charge in [-0.05, 0) is 38.1 Å². The van der Waals surface area contributed by atoms with Crippen molar-refractivity contribution in [1.29, 1.82) is 0 Å². The highest BCUT2D eigenvalue weighted by Crippen LogP contribution is 2.22. The topological polar surface area (TPSA) is 76.9 Å². The molecule has 0 radical (unpaired) electrons. The number of carbonyl (C=O) groups excluding carboxylic acids is 2. The fourth-order valence-corrected chi connectivity index (χ4v) is 4.04. The summed E-state index contributed by atoms with van der Waals surface area (Å²) in [4.78, 5) is 25.1. The maximum atomic E-state index is 12.6. The van der Waals surface area contributed by atoms with E-state index in [0.717, 1.165) is 10.0 Å². The van der Waals surface area contributed by atoms with Gasteiger partial charge in [-0.1, -0.05) is 63.6 Å². The lowest BCUT2D eigenvalue weighted by Gasteiger charge is -2.15. The van der Waals surface area contributed by atoms with Gasteiger partial charge in [0.05, 0.1) is 11.8 Å². The monoisotopic (exact) mass is 498 g/mol. The standard InChI is InChI=1S/C23H23BrN4O2S/c1-4-13-28-21(16(3)25-22(30)18-7-5-15(2)6-8-18)26-27-23(28)31-14-20(29)17-9-11-19(24)12-10-17/h4-12,16H,1,13-14H2,2-3H3,(H,25,30)/t16-/m1/s1. The first-order chi connectivity index (χ1) is 14.9. The molecule has 1 N–H and O–H groups in total. The Bertz CT molecular complexity index is 1080. The second-order valence-corrected chi connectivity index (χ2v) is 8.88. The highest BCUT2D eigenvalue weighted by molar-refractivity contribution is 9.10. The van der Waals surface area contributed by atoms with Gasteiger partial charge in [0.2, 0.25) is 0 Å². The zero-order chi connectivity index (χ0) is 22.4. The Kier molecular flexibility index (Phi) is 7.81. The summed E-state index contributed by atoms with van der Waals surface area (Å²) in [5.74, 6) is 0.674. The van der Waals surface area contributed by atoms with Gasteiger partial charge in [0.1, 0.15) is 0 Å². The summed E-state index contributed by atoms with van der Waals surface area (Å²) in [5.41, 5.74) is 2.32. The van der Waals surface area contributed by atoms with E-state index in [0.29, 0.717) is 28.7 Å². The number of benzene rings is 2. The largest absolute Gasteiger partial charge is 0.342 e. The molecule has 0 aliphatic carbocycles. The summed E-state index contributed by atoms with van der Waals surface area (Å²) in [7, 11) is 0. The Morgan fingerprint density at radius 2 is 1.77 bits per heavy atom. The molecule has 0 fully saturated rings. The summed E-state index contributed by atoms with van der Waals surface area (Å²) in [6.45, 7) is 8.11. The molecule has 2 aromatic carbocycles. The second-order valence-electron chi connectivity index (χ2n) is 7.02. The number of carbonyl (C=O) groups is 2. The molecule has 0 bridgehead atoms. The first-order valence-electron chi connectivity index (χ1n) is 9.72. The Labute approximate surface area is 194 Å². The third-order valence-electron chi connectivity index (χ3n) is 4.60. The number of ketones is 1. The van der Waals surface area contributed by atoms with Crippen LogP contribution >= 0.6 is 27.7 Å². The van der Waals surface area contributed by atoms with E-state index in [-0.39, 0.29) is 23.5 Å². The molecule has 3 aromatic rings. The van der Waals surface area contributed by atoms with E-state index in [9.17, 15) is 9.59 Å². The number of Topliss-reactive ketones (excluding diaryl/α,β-unsaturated/α-hetero) is 1. The SMILES string of the molecule is C=CCn1c(SCC(=O)c2ccc(Br)cc2)nnc1[C@@H](C)NC(=O)c1ccc(C)cc1. The lowest BCUT2D eigenvalue weighted by molar-refractivity contribution is 0.0937. The molecule has 3 rings (SSSR count). The molecule has 0 saturated heterocycles. The number of aromatic nitrogens is 3. The van der Waals surface area contributed by atoms with E-state index >= 15 is 0 Å². The predicted molar refractivity (Wildman–Crippen MR) is 126 cm³/mol. The summed E-state index contributed by atoms with van der Waals surface area (Å²) in [5, 5.41) is 12.1. The molecule has 1 heterocycles. The minimum absolute atomic E-state index is 0.00734. The molecule has 6 nitrogen and oxygen atoms in total. The van der Waals surface area contributed by atoms with E-state index in [1.165, 1.54) is 11.8 Å². The van der Waals surface area contributed by atoms with Gasteiger partial charge in [0.25, 0.3) is 5.91 Å². The number of hydrogen-bond donors (Lipinski definition) is 1. The second kappa shape index (κ2) is 10.5. The maximum absolute atomic E-state index is 12.6. The third-order valence-corrected chi connectivity index (χ3v) is 6.10. The van der Waals surface area contributed by atoms with Crippen molar-refractivity contribution in [1.82, 2.24) is 20.1 Å². The van der Waals surface area contributed by atoms with Crippen LogP contribution in [0.5, 0.6) is 0 Å². The van der Waals surface area contributed by atoms with Gasteiger partial charge in [0.15, 0.2) is 16.8 Å². The van der Waals surface area contributed by atoms with Crippen LogP contribution in [0.2, 0.25) is 0 Å².